The molecule has 1 heterocycles. The number of hydrogen-bond donors (Lipinski definition) is 1. The van der Waals surface area contributed by atoms with Crippen LogP contribution in [-0.4, -0.2) is 42.6 Å². The molecule has 6 heteroatoms. The highest BCUT2D eigenvalue weighted by molar-refractivity contribution is 6.00. The van der Waals surface area contributed by atoms with E-state index in [-0.39, 0.29) is 11.9 Å². The van der Waals surface area contributed by atoms with Crippen LogP contribution < -0.4 is 10.1 Å². The standard InChI is InChI=1S/C21H23N3O3/c1-15(14-26-2)22-21(25)18-13-24(16-9-5-4-6-10-16)23-20(18)17-11-7-8-12-19(17)27-3/h4-13,15H,14H2,1-3H3,(H,22,25). The quantitative estimate of drug-likeness (QED) is 0.698. The van der Waals surface area contributed by atoms with E-state index in [2.05, 4.69) is 10.4 Å². The highest BCUT2D eigenvalue weighted by atomic mass is 16.5. The second kappa shape index (κ2) is 8.51. The highest BCUT2D eigenvalue weighted by Gasteiger charge is 2.22. The molecular formula is C21H23N3O3. The van der Waals surface area contributed by atoms with E-state index < -0.39 is 0 Å². The van der Waals surface area contributed by atoms with Crippen LogP contribution in [0.3, 0.4) is 0 Å². The zero-order chi connectivity index (χ0) is 19.2. The van der Waals surface area contributed by atoms with Crippen LogP contribution in [0.1, 0.15) is 17.3 Å². The minimum Gasteiger partial charge on any atom is -0.496 e. The molecule has 0 aliphatic carbocycles. The smallest absolute Gasteiger partial charge is 0.255 e. The fraction of sp³-hybridized carbons (Fsp3) is 0.238. The van der Waals surface area contributed by atoms with Gasteiger partial charge in [-0.2, -0.15) is 5.10 Å². The summed E-state index contributed by atoms with van der Waals surface area (Å²) in [5, 5.41) is 7.63. The van der Waals surface area contributed by atoms with Gasteiger partial charge >= 0.3 is 0 Å². The van der Waals surface area contributed by atoms with Gasteiger partial charge in [0.25, 0.3) is 5.91 Å². The third-order valence-corrected chi connectivity index (χ3v) is 4.14. The van der Waals surface area contributed by atoms with Crippen molar-refractivity contribution in [1.29, 1.82) is 0 Å². The number of carbonyl (C=O) groups is 1. The third kappa shape index (κ3) is 4.17. The van der Waals surface area contributed by atoms with Crippen molar-refractivity contribution in [3.05, 3.63) is 66.4 Å². The lowest BCUT2D eigenvalue weighted by Crippen LogP contribution is -2.35. The predicted molar refractivity (Wildman–Crippen MR) is 104 cm³/mol. The summed E-state index contributed by atoms with van der Waals surface area (Å²) in [6.45, 7) is 2.33. The molecule has 1 unspecified atom stereocenters. The van der Waals surface area contributed by atoms with Crippen LogP contribution >= 0.6 is 0 Å². The van der Waals surface area contributed by atoms with Crippen molar-refractivity contribution in [2.45, 2.75) is 13.0 Å². The molecular weight excluding hydrogens is 342 g/mol. The molecule has 1 N–H and O–H groups in total. The molecule has 0 aliphatic rings. The number of amides is 1. The Morgan fingerprint density at radius 3 is 2.52 bits per heavy atom. The molecule has 140 valence electrons. The zero-order valence-corrected chi connectivity index (χ0v) is 15.7. The van der Waals surface area contributed by atoms with Gasteiger partial charge in [-0.15, -0.1) is 0 Å². The molecule has 2 aromatic carbocycles. The van der Waals surface area contributed by atoms with E-state index >= 15 is 0 Å². The van der Waals surface area contributed by atoms with Crippen LogP contribution in [0.4, 0.5) is 0 Å². The van der Waals surface area contributed by atoms with E-state index in [4.69, 9.17) is 9.47 Å². The Morgan fingerprint density at radius 2 is 1.81 bits per heavy atom. The maximum Gasteiger partial charge on any atom is 0.255 e. The van der Waals surface area contributed by atoms with Crippen molar-refractivity contribution in [2.24, 2.45) is 0 Å². The van der Waals surface area contributed by atoms with Crippen molar-refractivity contribution in [3.63, 3.8) is 0 Å². The number of ether oxygens (including phenoxy) is 2. The van der Waals surface area contributed by atoms with Gasteiger partial charge in [0.05, 0.1) is 25.0 Å². The van der Waals surface area contributed by atoms with Gasteiger partial charge in [-0.05, 0) is 31.2 Å². The van der Waals surface area contributed by atoms with Gasteiger partial charge in [0.2, 0.25) is 0 Å². The van der Waals surface area contributed by atoms with Crippen molar-refractivity contribution in [3.8, 4) is 22.7 Å². The monoisotopic (exact) mass is 365 g/mol. The number of benzene rings is 2. The first-order valence-corrected chi connectivity index (χ1v) is 8.72. The number of para-hydroxylation sites is 2. The first-order valence-electron chi connectivity index (χ1n) is 8.72. The molecule has 6 nitrogen and oxygen atoms in total. The first-order chi connectivity index (χ1) is 13.1. The molecule has 0 spiro atoms. The fourth-order valence-electron chi connectivity index (χ4n) is 2.89. The molecule has 27 heavy (non-hydrogen) atoms. The van der Waals surface area contributed by atoms with E-state index in [1.165, 1.54) is 0 Å². The average molecular weight is 365 g/mol. The molecule has 0 saturated carbocycles. The Kier molecular flexibility index (Phi) is 5.88. The molecule has 1 amide bonds. The van der Waals surface area contributed by atoms with Gasteiger partial charge in [0.1, 0.15) is 11.4 Å². The topological polar surface area (TPSA) is 65.4 Å². The molecule has 0 radical (unpaired) electrons. The summed E-state index contributed by atoms with van der Waals surface area (Å²) >= 11 is 0. The SMILES string of the molecule is COCC(C)NC(=O)c1cn(-c2ccccc2)nc1-c1ccccc1OC. The normalized spacial score (nSPS) is 11.8. The summed E-state index contributed by atoms with van der Waals surface area (Å²) in [5.41, 5.74) is 2.68. The maximum atomic E-state index is 12.9. The summed E-state index contributed by atoms with van der Waals surface area (Å²) in [4.78, 5) is 12.9. The number of carbonyl (C=O) groups excluding carboxylic acids is 1. The van der Waals surface area contributed by atoms with Gasteiger partial charge in [-0.25, -0.2) is 4.68 Å². The Hall–Kier alpha value is -3.12. The van der Waals surface area contributed by atoms with Gasteiger partial charge in [-0.3, -0.25) is 4.79 Å². The van der Waals surface area contributed by atoms with Crippen LogP contribution in [0.5, 0.6) is 5.75 Å². The van der Waals surface area contributed by atoms with E-state index in [0.29, 0.717) is 23.6 Å². The summed E-state index contributed by atoms with van der Waals surface area (Å²) < 4.78 is 12.3. The van der Waals surface area contributed by atoms with Gasteiger partial charge in [0.15, 0.2) is 0 Å². The summed E-state index contributed by atoms with van der Waals surface area (Å²) in [6, 6.07) is 17.1. The Bertz CT molecular complexity index is 906. The van der Waals surface area contributed by atoms with Crippen LogP contribution in [0.2, 0.25) is 0 Å². The van der Waals surface area contributed by atoms with Gasteiger partial charge < -0.3 is 14.8 Å². The molecule has 3 rings (SSSR count). The lowest BCUT2D eigenvalue weighted by molar-refractivity contribution is 0.0906. The molecule has 0 aliphatic heterocycles. The zero-order valence-electron chi connectivity index (χ0n) is 15.7. The second-order valence-corrected chi connectivity index (χ2v) is 6.20. The van der Waals surface area contributed by atoms with Crippen molar-refractivity contribution in [2.75, 3.05) is 20.8 Å². The third-order valence-electron chi connectivity index (χ3n) is 4.14. The number of hydrogen-bond acceptors (Lipinski definition) is 4. The average Bonchev–Trinajstić information content (AvgIpc) is 3.14. The van der Waals surface area contributed by atoms with Crippen molar-refractivity contribution >= 4 is 5.91 Å². The van der Waals surface area contributed by atoms with Crippen LogP contribution in [-0.2, 0) is 4.74 Å². The molecule has 3 aromatic rings. The Labute approximate surface area is 158 Å². The Balaban J connectivity index is 2.07. The van der Waals surface area contributed by atoms with E-state index in [0.717, 1.165) is 11.3 Å². The molecule has 0 bridgehead atoms. The molecule has 1 aromatic heterocycles. The Morgan fingerprint density at radius 1 is 1.11 bits per heavy atom. The minimum atomic E-state index is -0.206. The van der Waals surface area contributed by atoms with Gasteiger partial charge in [-0.1, -0.05) is 30.3 Å². The lowest BCUT2D eigenvalue weighted by Gasteiger charge is -2.13. The van der Waals surface area contributed by atoms with Crippen LogP contribution in [0, 0.1) is 0 Å². The maximum absolute atomic E-state index is 12.9. The van der Waals surface area contributed by atoms with Crippen LogP contribution in [0.15, 0.2) is 60.8 Å². The summed E-state index contributed by atoms with van der Waals surface area (Å²) in [6.07, 6.45) is 1.74. The van der Waals surface area contributed by atoms with Gasteiger partial charge in [0, 0.05) is 24.9 Å². The number of nitrogens with one attached hydrogen (secondary N) is 1. The predicted octanol–water partition coefficient (Wildman–Crippen LogP) is 3.31. The van der Waals surface area contributed by atoms with Crippen molar-refractivity contribution in [1.82, 2.24) is 15.1 Å². The van der Waals surface area contributed by atoms with Crippen LogP contribution in [0.25, 0.3) is 16.9 Å². The number of methoxy groups -OCH3 is 2. The van der Waals surface area contributed by atoms with E-state index in [9.17, 15) is 4.79 Å². The lowest BCUT2D eigenvalue weighted by atomic mass is 10.1. The van der Waals surface area contributed by atoms with E-state index in [1.54, 1.807) is 25.1 Å². The summed E-state index contributed by atoms with van der Waals surface area (Å²) in [5.74, 6) is 0.456. The second-order valence-electron chi connectivity index (χ2n) is 6.20. The molecule has 0 saturated heterocycles. The fourth-order valence-corrected chi connectivity index (χ4v) is 2.89. The largest absolute Gasteiger partial charge is 0.496 e. The number of nitrogens with zero attached hydrogens (tertiary/aromatic N) is 2. The van der Waals surface area contributed by atoms with E-state index in [1.807, 2.05) is 61.5 Å². The first kappa shape index (κ1) is 18.7. The minimum absolute atomic E-state index is 0.118. The number of aromatic nitrogens is 2. The summed E-state index contributed by atoms with van der Waals surface area (Å²) in [7, 11) is 3.21. The highest BCUT2D eigenvalue weighted by Crippen LogP contribution is 2.31. The molecule has 1 atom stereocenters. The number of rotatable bonds is 7. The van der Waals surface area contributed by atoms with Crippen molar-refractivity contribution < 1.29 is 14.3 Å². The molecule has 0 fully saturated rings.